The molecule has 4 nitrogen and oxygen atoms in total. The van der Waals surface area contributed by atoms with Crippen molar-refractivity contribution in [1.82, 2.24) is 9.88 Å². The van der Waals surface area contributed by atoms with Crippen molar-refractivity contribution in [2.75, 3.05) is 25.0 Å². The Labute approximate surface area is 162 Å². The summed E-state index contributed by atoms with van der Waals surface area (Å²) in [4.78, 5) is 20.2. The van der Waals surface area contributed by atoms with Gasteiger partial charge in [-0.2, -0.15) is 0 Å². The zero-order valence-electron chi connectivity index (χ0n) is 16.3. The van der Waals surface area contributed by atoms with Gasteiger partial charge in [0.15, 0.2) is 0 Å². The van der Waals surface area contributed by atoms with E-state index in [1.54, 1.807) is 0 Å². The number of hydrogen-bond donors (Lipinski definition) is 1. The third kappa shape index (κ3) is 4.67. The van der Waals surface area contributed by atoms with Gasteiger partial charge in [0.2, 0.25) is 5.91 Å². The lowest BCUT2D eigenvalue weighted by Crippen LogP contribution is -2.25. The van der Waals surface area contributed by atoms with E-state index in [1.807, 2.05) is 6.07 Å². The molecule has 1 aromatic carbocycles. The number of aromatic nitrogens is 1. The predicted octanol–water partition coefficient (Wildman–Crippen LogP) is 4.78. The predicted molar refractivity (Wildman–Crippen MR) is 111 cm³/mol. The Balaban J connectivity index is 1.48. The Hall–Kier alpha value is -1.94. The lowest BCUT2D eigenvalue weighted by Gasteiger charge is -2.21. The number of pyridine rings is 1. The highest BCUT2D eigenvalue weighted by Crippen LogP contribution is 2.27. The molecule has 0 radical (unpaired) electrons. The zero-order chi connectivity index (χ0) is 18.5. The van der Waals surface area contributed by atoms with E-state index in [2.05, 4.69) is 34.5 Å². The molecule has 0 unspecified atom stereocenters. The number of rotatable bonds is 6. The highest BCUT2D eigenvalue weighted by Gasteiger charge is 2.22. The summed E-state index contributed by atoms with van der Waals surface area (Å²) in [6.45, 7) is 3.64. The minimum absolute atomic E-state index is 0.151. The van der Waals surface area contributed by atoms with Crippen LogP contribution in [0.25, 0.3) is 10.8 Å². The maximum atomic E-state index is 12.8. The molecule has 1 saturated heterocycles. The summed E-state index contributed by atoms with van der Waals surface area (Å²) in [6, 6.07) is 10.5. The average Bonchev–Trinajstić information content (AvgIpc) is 3.22. The molecule has 144 valence electrons. The van der Waals surface area contributed by atoms with Crippen LogP contribution in [0.15, 0.2) is 30.3 Å². The van der Waals surface area contributed by atoms with Gasteiger partial charge in [0.1, 0.15) is 5.82 Å². The van der Waals surface area contributed by atoms with Gasteiger partial charge < -0.3 is 10.2 Å². The van der Waals surface area contributed by atoms with Crippen LogP contribution in [0.2, 0.25) is 0 Å². The van der Waals surface area contributed by atoms with E-state index < -0.39 is 0 Å². The van der Waals surface area contributed by atoms with E-state index in [0.29, 0.717) is 0 Å². The van der Waals surface area contributed by atoms with E-state index >= 15 is 0 Å². The molecule has 2 aromatic rings. The summed E-state index contributed by atoms with van der Waals surface area (Å²) >= 11 is 0. The second-order valence-corrected chi connectivity index (χ2v) is 8.16. The summed E-state index contributed by atoms with van der Waals surface area (Å²) in [6.07, 6.45) is 10.4. The van der Waals surface area contributed by atoms with Crippen LogP contribution in [0.4, 0.5) is 5.82 Å². The first kappa shape index (κ1) is 18.4. The normalized spacial score (nSPS) is 18.8. The molecule has 0 atom stereocenters. The van der Waals surface area contributed by atoms with E-state index in [4.69, 9.17) is 4.98 Å². The van der Waals surface area contributed by atoms with Crippen molar-refractivity contribution in [2.24, 2.45) is 5.92 Å². The number of aryl methyl sites for hydroxylation is 1. The van der Waals surface area contributed by atoms with Crippen molar-refractivity contribution >= 4 is 22.5 Å². The quantitative estimate of drug-likeness (QED) is 0.801. The third-order valence-corrected chi connectivity index (χ3v) is 6.12. The van der Waals surface area contributed by atoms with E-state index in [0.717, 1.165) is 49.1 Å². The van der Waals surface area contributed by atoms with Crippen molar-refractivity contribution < 1.29 is 4.79 Å². The van der Waals surface area contributed by atoms with Crippen LogP contribution >= 0.6 is 0 Å². The second kappa shape index (κ2) is 8.83. The number of nitrogens with one attached hydrogen (secondary N) is 1. The third-order valence-electron chi connectivity index (χ3n) is 6.12. The molecule has 0 spiro atoms. The minimum atomic E-state index is 0.151. The summed E-state index contributed by atoms with van der Waals surface area (Å²) in [7, 11) is 0. The topological polar surface area (TPSA) is 45.2 Å². The molecule has 1 amide bonds. The first-order valence-electron chi connectivity index (χ1n) is 10.7. The molecule has 1 aliphatic heterocycles. The Kier molecular flexibility index (Phi) is 6.03. The van der Waals surface area contributed by atoms with Crippen LogP contribution in [0, 0.1) is 5.92 Å². The fourth-order valence-corrected chi connectivity index (χ4v) is 4.55. The number of benzene rings is 1. The van der Waals surface area contributed by atoms with Gasteiger partial charge in [-0.15, -0.1) is 0 Å². The maximum Gasteiger partial charge on any atom is 0.228 e. The molecule has 1 aromatic heterocycles. The Morgan fingerprint density at radius 2 is 1.85 bits per heavy atom. The molecule has 2 heterocycles. The summed E-state index contributed by atoms with van der Waals surface area (Å²) < 4.78 is 0. The lowest BCUT2D eigenvalue weighted by atomic mass is 9.88. The minimum Gasteiger partial charge on any atom is -0.310 e. The number of carbonyl (C=O) groups excluding carboxylic acids is 1. The number of nitrogens with zero attached hydrogens (tertiary/aromatic N) is 2. The van der Waals surface area contributed by atoms with Crippen molar-refractivity contribution in [3.63, 3.8) is 0 Å². The van der Waals surface area contributed by atoms with Gasteiger partial charge in [0.05, 0.1) is 0 Å². The van der Waals surface area contributed by atoms with Crippen LogP contribution in [0.5, 0.6) is 0 Å². The molecule has 27 heavy (non-hydrogen) atoms. The first-order chi connectivity index (χ1) is 13.3. The smallest absolute Gasteiger partial charge is 0.228 e. The van der Waals surface area contributed by atoms with Crippen LogP contribution in [-0.2, 0) is 11.2 Å². The van der Waals surface area contributed by atoms with Crippen molar-refractivity contribution in [3.05, 3.63) is 36.0 Å². The maximum absolute atomic E-state index is 12.8. The number of amides is 1. The number of likely N-dealkylation sites (tertiary alicyclic amines) is 1. The fraction of sp³-hybridized carbons (Fsp3) is 0.565. The van der Waals surface area contributed by atoms with Crippen LogP contribution in [0.1, 0.15) is 57.1 Å². The molecule has 2 fully saturated rings. The number of anilines is 1. The standard InChI is InChI=1S/C23H31N3O/c27-23(18-9-2-1-3-10-18)25-22-21-13-5-4-11-19(21)17-20(24-22)12-8-16-26-14-6-7-15-26/h4-5,11,13,17-18H,1-3,6-10,12,14-16H2,(H,24,25,27). The number of hydrogen-bond acceptors (Lipinski definition) is 3. The van der Waals surface area contributed by atoms with Crippen molar-refractivity contribution in [1.29, 1.82) is 0 Å². The molecular weight excluding hydrogens is 334 g/mol. The Morgan fingerprint density at radius 1 is 1.07 bits per heavy atom. The molecular formula is C23H31N3O. The van der Waals surface area contributed by atoms with Crippen molar-refractivity contribution in [2.45, 2.75) is 57.8 Å². The molecule has 1 N–H and O–H groups in total. The molecule has 4 rings (SSSR count). The van der Waals surface area contributed by atoms with E-state index in [-0.39, 0.29) is 11.8 Å². The zero-order valence-corrected chi connectivity index (χ0v) is 16.3. The van der Waals surface area contributed by atoms with Crippen LogP contribution in [-0.4, -0.2) is 35.4 Å². The molecule has 2 aliphatic rings. The van der Waals surface area contributed by atoms with E-state index in [9.17, 15) is 4.79 Å². The number of carbonyl (C=O) groups is 1. The molecule has 1 saturated carbocycles. The Morgan fingerprint density at radius 3 is 2.67 bits per heavy atom. The van der Waals surface area contributed by atoms with Crippen LogP contribution < -0.4 is 5.32 Å². The Bertz CT molecular complexity index is 776. The van der Waals surface area contributed by atoms with Gasteiger partial charge in [-0.3, -0.25) is 4.79 Å². The largest absolute Gasteiger partial charge is 0.310 e. The van der Waals surface area contributed by atoms with Gasteiger partial charge >= 0.3 is 0 Å². The van der Waals surface area contributed by atoms with E-state index in [1.165, 1.54) is 50.6 Å². The van der Waals surface area contributed by atoms with Gasteiger partial charge in [-0.05, 0) is 69.6 Å². The summed E-state index contributed by atoms with van der Waals surface area (Å²) in [5, 5.41) is 5.38. The SMILES string of the molecule is O=C(Nc1nc(CCCN2CCCC2)cc2ccccc12)C1CCCCC1. The number of fused-ring (bicyclic) bond motifs is 1. The van der Waals surface area contributed by atoms with Gasteiger partial charge in [0.25, 0.3) is 0 Å². The first-order valence-corrected chi connectivity index (χ1v) is 10.7. The highest BCUT2D eigenvalue weighted by atomic mass is 16.1. The van der Waals surface area contributed by atoms with Gasteiger partial charge in [0, 0.05) is 17.0 Å². The monoisotopic (exact) mass is 365 g/mol. The average molecular weight is 366 g/mol. The molecule has 4 heteroatoms. The van der Waals surface area contributed by atoms with Gasteiger partial charge in [-0.25, -0.2) is 4.98 Å². The van der Waals surface area contributed by atoms with Crippen LogP contribution in [0.3, 0.4) is 0 Å². The van der Waals surface area contributed by atoms with Gasteiger partial charge in [-0.1, -0.05) is 43.5 Å². The summed E-state index contributed by atoms with van der Waals surface area (Å²) in [5.41, 5.74) is 1.09. The molecule has 1 aliphatic carbocycles. The molecule has 0 bridgehead atoms. The summed E-state index contributed by atoms with van der Waals surface area (Å²) in [5.74, 6) is 1.06. The van der Waals surface area contributed by atoms with Crippen molar-refractivity contribution in [3.8, 4) is 0 Å². The highest BCUT2D eigenvalue weighted by molar-refractivity contribution is 6.01. The second-order valence-electron chi connectivity index (χ2n) is 8.16. The lowest BCUT2D eigenvalue weighted by molar-refractivity contribution is -0.120. The fourth-order valence-electron chi connectivity index (χ4n) is 4.55.